The van der Waals surface area contributed by atoms with Crippen LogP contribution >= 0.6 is 27.3 Å². The van der Waals surface area contributed by atoms with Gasteiger partial charge in [0, 0.05) is 4.88 Å². The number of rotatable bonds is 2. The Bertz CT molecular complexity index is 531. The van der Waals surface area contributed by atoms with Crippen LogP contribution in [0.2, 0.25) is 0 Å². The molecule has 0 saturated heterocycles. The molecule has 90 valence electrons. The van der Waals surface area contributed by atoms with E-state index >= 15 is 0 Å². The van der Waals surface area contributed by atoms with Crippen LogP contribution in [0.3, 0.4) is 0 Å². The molecule has 1 aromatic heterocycles. The highest BCUT2D eigenvalue weighted by molar-refractivity contribution is 9.11. The molecule has 0 aliphatic rings. The van der Waals surface area contributed by atoms with Gasteiger partial charge in [-0.05, 0) is 64.7 Å². The lowest BCUT2D eigenvalue weighted by Gasteiger charge is -2.12. The van der Waals surface area contributed by atoms with Crippen LogP contribution in [-0.4, -0.2) is 5.11 Å². The molecule has 17 heavy (non-hydrogen) atoms. The zero-order chi connectivity index (χ0) is 12.6. The first-order valence-electron chi connectivity index (χ1n) is 5.19. The molecule has 0 spiro atoms. The Morgan fingerprint density at radius 1 is 1.24 bits per heavy atom. The lowest BCUT2D eigenvalue weighted by Crippen LogP contribution is -2.00. The van der Waals surface area contributed by atoms with E-state index in [0.29, 0.717) is 5.56 Å². The van der Waals surface area contributed by atoms with Gasteiger partial charge in [0.25, 0.3) is 0 Å². The first-order valence-corrected chi connectivity index (χ1v) is 6.80. The standard InChI is InChI=1S/C13H12BrFOS/c1-7-3-4-9(15)6-10(7)12(16)11-5-8(2)13(14)17-11/h3-6,12,16H,1-2H3. The normalized spacial score (nSPS) is 12.8. The van der Waals surface area contributed by atoms with Gasteiger partial charge in [-0.25, -0.2) is 4.39 Å². The van der Waals surface area contributed by atoms with Crippen LogP contribution in [0.1, 0.15) is 27.7 Å². The van der Waals surface area contributed by atoms with Gasteiger partial charge in [-0.2, -0.15) is 0 Å². The number of aliphatic hydroxyl groups excluding tert-OH is 1. The molecule has 0 radical (unpaired) electrons. The van der Waals surface area contributed by atoms with Gasteiger partial charge in [-0.3, -0.25) is 0 Å². The molecule has 4 heteroatoms. The van der Waals surface area contributed by atoms with Gasteiger partial charge in [0.1, 0.15) is 11.9 Å². The van der Waals surface area contributed by atoms with E-state index < -0.39 is 6.10 Å². The van der Waals surface area contributed by atoms with E-state index in [2.05, 4.69) is 15.9 Å². The van der Waals surface area contributed by atoms with Crippen molar-refractivity contribution in [2.75, 3.05) is 0 Å². The number of hydrogen-bond acceptors (Lipinski definition) is 2. The first kappa shape index (κ1) is 12.7. The summed E-state index contributed by atoms with van der Waals surface area (Å²) in [6.07, 6.45) is -0.763. The number of halogens is 2. The molecule has 2 aromatic rings. The fourth-order valence-electron chi connectivity index (χ4n) is 1.68. The molecular weight excluding hydrogens is 303 g/mol. The molecule has 1 atom stereocenters. The maximum atomic E-state index is 13.2. The van der Waals surface area contributed by atoms with Crippen LogP contribution < -0.4 is 0 Å². The summed E-state index contributed by atoms with van der Waals surface area (Å²) in [4.78, 5) is 0.822. The second kappa shape index (κ2) is 4.88. The fraction of sp³-hybridized carbons (Fsp3) is 0.231. The summed E-state index contributed by atoms with van der Waals surface area (Å²) < 4.78 is 14.2. The van der Waals surface area contributed by atoms with Crippen molar-refractivity contribution in [1.82, 2.24) is 0 Å². The van der Waals surface area contributed by atoms with E-state index in [9.17, 15) is 9.50 Å². The summed E-state index contributed by atoms with van der Waals surface area (Å²) in [6.45, 7) is 3.84. The smallest absolute Gasteiger partial charge is 0.123 e. The van der Waals surface area contributed by atoms with Crippen molar-refractivity contribution in [2.24, 2.45) is 0 Å². The Morgan fingerprint density at radius 3 is 2.53 bits per heavy atom. The van der Waals surface area contributed by atoms with Gasteiger partial charge in [-0.15, -0.1) is 11.3 Å². The minimum absolute atomic E-state index is 0.322. The van der Waals surface area contributed by atoms with Crippen LogP contribution in [0, 0.1) is 19.7 Å². The summed E-state index contributed by atoms with van der Waals surface area (Å²) >= 11 is 4.90. The Balaban J connectivity index is 2.42. The SMILES string of the molecule is Cc1ccc(F)cc1C(O)c1cc(C)c(Br)s1. The molecule has 1 aromatic carbocycles. The highest BCUT2D eigenvalue weighted by atomic mass is 79.9. The molecular formula is C13H12BrFOS. The largest absolute Gasteiger partial charge is 0.383 e. The number of aryl methyl sites for hydroxylation is 2. The topological polar surface area (TPSA) is 20.2 Å². The minimum Gasteiger partial charge on any atom is -0.383 e. The van der Waals surface area contributed by atoms with E-state index in [-0.39, 0.29) is 5.82 Å². The average Bonchev–Trinajstić information content (AvgIpc) is 2.62. The maximum absolute atomic E-state index is 13.2. The second-order valence-electron chi connectivity index (χ2n) is 4.01. The fourth-order valence-corrected chi connectivity index (χ4v) is 3.25. The number of thiophene rings is 1. The predicted molar refractivity (Wildman–Crippen MR) is 72.0 cm³/mol. The summed E-state index contributed by atoms with van der Waals surface area (Å²) in [6, 6.07) is 6.40. The second-order valence-corrected chi connectivity index (χ2v) is 6.41. The predicted octanol–water partition coefficient (Wildman–Crippen LogP) is 4.35. The molecule has 0 aliphatic heterocycles. The summed E-state index contributed by atoms with van der Waals surface area (Å²) in [5.74, 6) is -0.322. The van der Waals surface area contributed by atoms with Crippen molar-refractivity contribution in [3.63, 3.8) is 0 Å². The zero-order valence-corrected chi connectivity index (χ0v) is 11.9. The molecule has 0 bridgehead atoms. The van der Waals surface area contributed by atoms with E-state index in [4.69, 9.17) is 0 Å². The van der Waals surface area contributed by atoms with Gasteiger partial charge in [-0.1, -0.05) is 6.07 Å². The molecule has 1 nitrogen and oxygen atoms in total. The molecule has 0 aliphatic carbocycles. The van der Waals surface area contributed by atoms with Gasteiger partial charge < -0.3 is 5.11 Å². The van der Waals surface area contributed by atoms with Crippen LogP contribution in [0.5, 0.6) is 0 Å². The third-order valence-corrected chi connectivity index (χ3v) is 4.87. The van der Waals surface area contributed by atoms with Crippen molar-refractivity contribution in [2.45, 2.75) is 20.0 Å². The van der Waals surface area contributed by atoms with Gasteiger partial charge in [0.05, 0.1) is 3.79 Å². The van der Waals surface area contributed by atoms with Crippen molar-refractivity contribution in [1.29, 1.82) is 0 Å². The van der Waals surface area contributed by atoms with E-state index in [0.717, 1.165) is 19.8 Å². The monoisotopic (exact) mass is 314 g/mol. The maximum Gasteiger partial charge on any atom is 0.123 e. The first-order chi connectivity index (χ1) is 7.99. The van der Waals surface area contributed by atoms with Gasteiger partial charge >= 0.3 is 0 Å². The number of aliphatic hydroxyl groups is 1. The lowest BCUT2D eigenvalue weighted by atomic mass is 10.0. The van der Waals surface area contributed by atoms with Crippen LogP contribution in [0.4, 0.5) is 4.39 Å². The summed E-state index contributed by atoms with van der Waals surface area (Å²) in [5, 5.41) is 10.3. The molecule has 2 rings (SSSR count). The van der Waals surface area contributed by atoms with Crippen LogP contribution in [-0.2, 0) is 0 Å². The molecule has 1 unspecified atom stereocenters. The summed E-state index contributed by atoms with van der Waals surface area (Å²) in [7, 11) is 0. The molecule has 1 heterocycles. The Labute approximate surface area is 112 Å². The van der Waals surface area contributed by atoms with E-state index in [1.165, 1.54) is 23.5 Å². The molecule has 1 N–H and O–H groups in total. The molecule has 0 saturated carbocycles. The molecule has 0 amide bonds. The van der Waals surface area contributed by atoms with Gasteiger partial charge in [0.2, 0.25) is 0 Å². The quantitative estimate of drug-likeness (QED) is 0.873. The highest BCUT2D eigenvalue weighted by Crippen LogP contribution is 2.35. The zero-order valence-electron chi connectivity index (χ0n) is 9.50. The highest BCUT2D eigenvalue weighted by Gasteiger charge is 2.17. The molecule has 0 fully saturated rings. The van der Waals surface area contributed by atoms with Crippen molar-refractivity contribution in [3.05, 3.63) is 55.4 Å². The van der Waals surface area contributed by atoms with E-state index in [1.54, 1.807) is 6.07 Å². The average molecular weight is 315 g/mol. The number of benzene rings is 1. The Kier molecular flexibility index (Phi) is 3.66. The third-order valence-electron chi connectivity index (χ3n) is 2.68. The Morgan fingerprint density at radius 2 is 1.94 bits per heavy atom. The number of hydrogen-bond donors (Lipinski definition) is 1. The van der Waals surface area contributed by atoms with Crippen molar-refractivity contribution in [3.8, 4) is 0 Å². The Hall–Kier alpha value is -0.710. The minimum atomic E-state index is -0.763. The van der Waals surface area contributed by atoms with Crippen molar-refractivity contribution < 1.29 is 9.50 Å². The lowest BCUT2D eigenvalue weighted by molar-refractivity contribution is 0.223. The third kappa shape index (κ3) is 2.59. The van der Waals surface area contributed by atoms with Gasteiger partial charge in [0.15, 0.2) is 0 Å². The van der Waals surface area contributed by atoms with Crippen LogP contribution in [0.25, 0.3) is 0 Å². The van der Waals surface area contributed by atoms with E-state index in [1.807, 2.05) is 19.9 Å². The summed E-state index contributed by atoms with van der Waals surface area (Å²) in [5.41, 5.74) is 2.60. The van der Waals surface area contributed by atoms with Crippen LogP contribution in [0.15, 0.2) is 28.1 Å². The van der Waals surface area contributed by atoms with Crippen molar-refractivity contribution >= 4 is 27.3 Å².